The van der Waals surface area contributed by atoms with E-state index in [4.69, 9.17) is 16.3 Å². The maximum atomic E-state index is 6.08. The standard InChI is InChI=1S/C17H24ClN3O/c1-19-17(21(2)10-12-6-7-22-11-12)20-16-9-15(16)13-4-3-5-14(18)8-13/h3-5,8,12,15-16H,6-7,9-11H2,1-2H3,(H,19,20). The van der Waals surface area contributed by atoms with Crippen LogP contribution < -0.4 is 5.32 Å². The fraction of sp³-hybridized carbons (Fsp3) is 0.588. The Labute approximate surface area is 137 Å². The van der Waals surface area contributed by atoms with Crippen LogP contribution in [0, 0.1) is 5.92 Å². The van der Waals surface area contributed by atoms with Crippen molar-refractivity contribution in [3.05, 3.63) is 34.9 Å². The van der Waals surface area contributed by atoms with E-state index in [1.165, 1.54) is 5.56 Å². The number of hydrogen-bond acceptors (Lipinski definition) is 2. The van der Waals surface area contributed by atoms with Gasteiger partial charge in [-0.15, -0.1) is 0 Å². The second kappa shape index (κ2) is 6.88. The molecule has 1 heterocycles. The molecular weight excluding hydrogens is 298 g/mol. The molecule has 4 nitrogen and oxygen atoms in total. The Morgan fingerprint density at radius 1 is 1.50 bits per heavy atom. The number of halogens is 1. The number of aliphatic imine (C=N–C) groups is 1. The summed E-state index contributed by atoms with van der Waals surface area (Å²) in [7, 11) is 3.95. The summed E-state index contributed by atoms with van der Waals surface area (Å²) in [6, 6.07) is 8.62. The minimum absolute atomic E-state index is 0.458. The first-order chi connectivity index (χ1) is 10.7. The van der Waals surface area contributed by atoms with E-state index < -0.39 is 0 Å². The zero-order valence-corrected chi connectivity index (χ0v) is 14.0. The van der Waals surface area contributed by atoms with Crippen LogP contribution in [-0.2, 0) is 4.74 Å². The van der Waals surface area contributed by atoms with Crippen molar-refractivity contribution in [3.8, 4) is 0 Å². The molecule has 1 saturated carbocycles. The first kappa shape index (κ1) is 15.6. The highest BCUT2D eigenvalue weighted by molar-refractivity contribution is 6.30. The van der Waals surface area contributed by atoms with Crippen LogP contribution in [0.2, 0.25) is 5.02 Å². The Bertz CT molecular complexity index is 542. The average Bonchev–Trinajstić information content (AvgIpc) is 3.10. The van der Waals surface area contributed by atoms with Crippen molar-refractivity contribution in [1.29, 1.82) is 0 Å². The van der Waals surface area contributed by atoms with Crippen LogP contribution in [0.4, 0.5) is 0 Å². The summed E-state index contributed by atoms with van der Waals surface area (Å²) in [5.41, 5.74) is 1.31. The average molecular weight is 322 g/mol. The van der Waals surface area contributed by atoms with Gasteiger partial charge in [-0.2, -0.15) is 0 Å². The molecule has 2 fully saturated rings. The Morgan fingerprint density at radius 3 is 3.05 bits per heavy atom. The van der Waals surface area contributed by atoms with Gasteiger partial charge in [-0.05, 0) is 30.5 Å². The van der Waals surface area contributed by atoms with E-state index >= 15 is 0 Å². The lowest BCUT2D eigenvalue weighted by molar-refractivity contribution is 0.181. The highest BCUT2D eigenvalue weighted by atomic mass is 35.5. The molecular formula is C17H24ClN3O. The van der Waals surface area contributed by atoms with E-state index in [1.54, 1.807) is 0 Å². The van der Waals surface area contributed by atoms with Gasteiger partial charge in [-0.1, -0.05) is 23.7 Å². The van der Waals surface area contributed by atoms with Gasteiger partial charge in [0, 0.05) is 50.1 Å². The normalized spacial score (nSPS) is 27.8. The predicted octanol–water partition coefficient (Wildman–Crippen LogP) is 2.74. The van der Waals surface area contributed by atoms with Gasteiger partial charge in [-0.3, -0.25) is 4.99 Å². The smallest absolute Gasteiger partial charge is 0.193 e. The maximum Gasteiger partial charge on any atom is 0.193 e. The lowest BCUT2D eigenvalue weighted by Gasteiger charge is -2.24. The van der Waals surface area contributed by atoms with E-state index in [2.05, 4.69) is 34.4 Å². The second-order valence-electron chi connectivity index (χ2n) is 6.31. The summed E-state index contributed by atoms with van der Waals surface area (Å²) < 4.78 is 5.45. The number of guanidine groups is 1. The van der Waals surface area contributed by atoms with Crippen molar-refractivity contribution < 1.29 is 4.74 Å². The Kier molecular flexibility index (Phi) is 4.89. The number of hydrogen-bond donors (Lipinski definition) is 1. The van der Waals surface area contributed by atoms with Crippen molar-refractivity contribution in [1.82, 2.24) is 10.2 Å². The maximum absolute atomic E-state index is 6.08. The van der Waals surface area contributed by atoms with Crippen LogP contribution in [0.5, 0.6) is 0 Å². The number of ether oxygens (including phenoxy) is 1. The number of benzene rings is 1. The van der Waals surface area contributed by atoms with Crippen LogP contribution in [0.25, 0.3) is 0 Å². The predicted molar refractivity (Wildman–Crippen MR) is 90.6 cm³/mol. The van der Waals surface area contributed by atoms with E-state index in [-0.39, 0.29) is 0 Å². The minimum atomic E-state index is 0.458. The zero-order chi connectivity index (χ0) is 15.5. The topological polar surface area (TPSA) is 36.9 Å². The molecule has 3 atom stereocenters. The lowest BCUT2D eigenvalue weighted by atomic mass is 10.1. The number of rotatable bonds is 4. The summed E-state index contributed by atoms with van der Waals surface area (Å²) in [6.45, 7) is 2.76. The van der Waals surface area contributed by atoms with E-state index in [0.717, 1.165) is 43.6 Å². The van der Waals surface area contributed by atoms with Gasteiger partial charge in [0.25, 0.3) is 0 Å². The molecule has 0 bridgehead atoms. The molecule has 1 N–H and O–H groups in total. The van der Waals surface area contributed by atoms with Crippen LogP contribution >= 0.6 is 11.6 Å². The monoisotopic (exact) mass is 321 g/mol. The summed E-state index contributed by atoms with van der Waals surface area (Å²) in [6.07, 6.45) is 2.29. The molecule has 5 heteroatoms. The van der Waals surface area contributed by atoms with Gasteiger partial charge >= 0.3 is 0 Å². The Hall–Kier alpha value is -1.26. The van der Waals surface area contributed by atoms with Gasteiger partial charge in [0.15, 0.2) is 5.96 Å². The molecule has 1 aliphatic heterocycles. The molecule has 1 aromatic rings. The van der Waals surface area contributed by atoms with Crippen LogP contribution in [-0.4, -0.2) is 50.8 Å². The SMILES string of the molecule is CN=C(NC1CC1c1cccc(Cl)c1)N(C)CC1CCOC1. The van der Waals surface area contributed by atoms with Crippen molar-refractivity contribution in [2.75, 3.05) is 33.9 Å². The Morgan fingerprint density at radius 2 is 2.36 bits per heavy atom. The molecule has 1 aliphatic carbocycles. The van der Waals surface area contributed by atoms with Crippen molar-refractivity contribution in [2.24, 2.45) is 10.9 Å². The molecule has 22 heavy (non-hydrogen) atoms. The fourth-order valence-corrected chi connectivity index (χ4v) is 3.37. The molecule has 1 saturated heterocycles. The molecule has 0 spiro atoms. The molecule has 0 amide bonds. The molecule has 120 valence electrons. The van der Waals surface area contributed by atoms with Gasteiger partial charge in [0.1, 0.15) is 0 Å². The molecule has 3 rings (SSSR count). The second-order valence-corrected chi connectivity index (χ2v) is 6.74. The van der Waals surface area contributed by atoms with E-state index in [0.29, 0.717) is 17.9 Å². The van der Waals surface area contributed by atoms with Crippen LogP contribution in [0.1, 0.15) is 24.3 Å². The highest BCUT2D eigenvalue weighted by Gasteiger charge is 2.39. The first-order valence-electron chi connectivity index (χ1n) is 7.95. The molecule has 1 aromatic carbocycles. The van der Waals surface area contributed by atoms with Crippen LogP contribution in [0.3, 0.4) is 0 Å². The van der Waals surface area contributed by atoms with Gasteiger partial charge in [0.05, 0.1) is 6.61 Å². The minimum Gasteiger partial charge on any atom is -0.381 e. The quantitative estimate of drug-likeness (QED) is 0.684. The third kappa shape index (κ3) is 3.73. The van der Waals surface area contributed by atoms with E-state index in [9.17, 15) is 0 Å². The summed E-state index contributed by atoms with van der Waals surface area (Å²) in [5, 5.41) is 4.39. The summed E-state index contributed by atoms with van der Waals surface area (Å²) in [5.74, 6) is 2.13. The summed E-state index contributed by atoms with van der Waals surface area (Å²) in [4.78, 5) is 6.64. The van der Waals surface area contributed by atoms with Crippen molar-refractivity contribution in [3.63, 3.8) is 0 Å². The third-order valence-electron chi connectivity index (χ3n) is 4.51. The van der Waals surface area contributed by atoms with Gasteiger partial charge in [0.2, 0.25) is 0 Å². The molecule has 0 radical (unpaired) electrons. The fourth-order valence-electron chi connectivity index (χ4n) is 3.17. The van der Waals surface area contributed by atoms with Crippen LogP contribution in [0.15, 0.2) is 29.3 Å². The largest absolute Gasteiger partial charge is 0.381 e. The number of nitrogens with zero attached hydrogens (tertiary/aromatic N) is 2. The first-order valence-corrected chi connectivity index (χ1v) is 8.33. The van der Waals surface area contributed by atoms with Gasteiger partial charge in [-0.25, -0.2) is 0 Å². The molecule has 0 aromatic heterocycles. The van der Waals surface area contributed by atoms with Crippen molar-refractivity contribution in [2.45, 2.75) is 24.8 Å². The van der Waals surface area contributed by atoms with Gasteiger partial charge < -0.3 is 15.0 Å². The Balaban J connectivity index is 1.53. The van der Waals surface area contributed by atoms with E-state index in [1.807, 2.05) is 19.2 Å². The highest BCUT2D eigenvalue weighted by Crippen LogP contribution is 2.41. The molecule has 2 aliphatic rings. The molecule has 3 unspecified atom stereocenters. The third-order valence-corrected chi connectivity index (χ3v) is 4.75. The number of nitrogens with one attached hydrogen (secondary N) is 1. The summed E-state index contributed by atoms with van der Waals surface area (Å²) >= 11 is 6.08. The van der Waals surface area contributed by atoms with Crippen molar-refractivity contribution >= 4 is 17.6 Å². The zero-order valence-electron chi connectivity index (χ0n) is 13.3. The lowest BCUT2D eigenvalue weighted by Crippen LogP contribution is -2.42.